The third-order valence-corrected chi connectivity index (χ3v) is 4.95. The van der Waals surface area contributed by atoms with E-state index in [9.17, 15) is 4.79 Å². The largest absolute Gasteiger partial charge is 0.493 e. The van der Waals surface area contributed by atoms with Crippen molar-refractivity contribution in [1.82, 2.24) is 5.32 Å². The SMILES string of the molecule is COc1cccc(OC2CCC(NC(=O)c3ccc(C#N)cc3)CC2)c1OC. The van der Waals surface area contributed by atoms with Crippen LogP contribution in [0.3, 0.4) is 0 Å². The lowest BCUT2D eigenvalue weighted by molar-refractivity contribution is 0.0891. The zero-order chi connectivity index (χ0) is 19.9. The van der Waals surface area contributed by atoms with Gasteiger partial charge >= 0.3 is 0 Å². The van der Waals surface area contributed by atoms with Crippen LogP contribution in [0.1, 0.15) is 41.6 Å². The monoisotopic (exact) mass is 380 g/mol. The van der Waals surface area contributed by atoms with Gasteiger partial charge in [0.15, 0.2) is 11.5 Å². The van der Waals surface area contributed by atoms with Gasteiger partial charge in [-0.05, 0) is 62.1 Å². The number of hydrogen-bond donors (Lipinski definition) is 1. The lowest BCUT2D eigenvalue weighted by atomic mass is 9.92. The lowest BCUT2D eigenvalue weighted by Gasteiger charge is -2.30. The number of carbonyl (C=O) groups is 1. The van der Waals surface area contributed by atoms with Crippen LogP contribution in [0.25, 0.3) is 0 Å². The molecule has 1 saturated carbocycles. The van der Waals surface area contributed by atoms with Crippen LogP contribution in [0, 0.1) is 11.3 Å². The maximum atomic E-state index is 12.4. The molecule has 1 aliphatic carbocycles. The lowest BCUT2D eigenvalue weighted by Crippen LogP contribution is -2.39. The van der Waals surface area contributed by atoms with Gasteiger partial charge in [-0.1, -0.05) is 6.07 Å². The zero-order valence-corrected chi connectivity index (χ0v) is 16.1. The second-order valence-corrected chi connectivity index (χ2v) is 6.75. The van der Waals surface area contributed by atoms with E-state index in [-0.39, 0.29) is 18.1 Å². The summed E-state index contributed by atoms with van der Waals surface area (Å²) in [6.07, 6.45) is 3.46. The number of nitrogens with zero attached hydrogens (tertiary/aromatic N) is 1. The van der Waals surface area contributed by atoms with Crippen LogP contribution < -0.4 is 19.5 Å². The molecule has 0 aliphatic heterocycles. The fourth-order valence-electron chi connectivity index (χ4n) is 3.42. The topological polar surface area (TPSA) is 80.6 Å². The molecule has 1 amide bonds. The minimum Gasteiger partial charge on any atom is -0.493 e. The Morgan fingerprint density at radius 2 is 1.68 bits per heavy atom. The van der Waals surface area contributed by atoms with E-state index in [0.717, 1.165) is 25.7 Å². The summed E-state index contributed by atoms with van der Waals surface area (Å²) in [5.74, 6) is 1.81. The van der Waals surface area contributed by atoms with Crippen molar-refractivity contribution < 1.29 is 19.0 Å². The zero-order valence-electron chi connectivity index (χ0n) is 16.1. The van der Waals surface area contributed by atoms with Crippen LogP contribution in [0.2, 0.25) is 0 Å². The predicted molar refractivity (Wildman–Crippen MR) is 105 cm³/mol. The molecular formula is C22H24N2O4. The first-order valence-electron chi connectivity index (χ1n) is 9.33. The average molecular weight is 380 g/mol. The van der Waals surface area contributed by atoms with Crippen molar-refractivity contribution in [2.24, 2.45) is 0 Å². The van der Waals surface area contributed by atoms with E-state index in [1.54, 1.807) is 38.5 Å². The molecule has 6 heteroatoms. The highest BCUT2D eigenvalue weighted by Crippen LogP contribution is 2.38. The van der Waals surface area contributed by atoms with Crippen molar-refractivity contribution in [3.63, 3.8) is 0 Å². The van der Waals surface area contributed by atoms with E-state index in [0.29, 0.717) is 28.4 Å². The van der Waals surface area contributed by atoms with Crippen molar-refractivity contribution in [2.75, 3.05) is 14.2 Å². The summed E-state index contributed by atoms with van der Waals surface area (Å²) in [4.78, 5) is 12.4. The quantitative estimate of drug-likeness (QED) is 0.827. The molecule has 0 radical (unpaired) electrons. The molecular weight excluding hydrogens is 356 g/mol. The number of amides is 1. The van der Waals surface area contributed by atoms with E-state index >= 15 is 0 Å². The molecule has 0 atom stereocenters. The van der Waals surface area contributed by atoms with E-state index in [1.165, 1.54) is 0 Å². The molecule has 1 fully saturated rings. The maximum absolute atomic E-state index is 12.4. The highest BCUT2D eigenvalue weighted by molar-refractivity contribution is 5.94. The summed E-state index contributed by atoms with van der Waals surface area (Å²) in [6, 6.07) is 14.4. The Kier molecular flexibility index (Phi) is 6.38. The van der Waals surface area contributed by atoms with Crippen LogP contribution in [0.15, 0.2) is 42.5 Å². The number of rotatable bonds is 6. The summed E-state index contributed by atoms with van der Waals surface area (Å²) >= 11 is 0. The predicted octanol–water partition coefficient (Wildman–Crippen LogP) is 3.70. The van der Waals surface area contributed by atoms with E-state index in [4.69, 9.17) is 19.5 Å². The van der Waals surface area contributed by atoms with Gasteiger partial charge in [0.1, 0.15) is 0 Å². The molecule has 1 aliphatic rings. The summed E-state index contributed by atoms with van der Waals surface area (Å²) in [6.45, 7) is 0. The third kappa shape index (κ3) is 4.55. The van der Waals surface area contributed by atoms with Gasteiger partial charge in [-0.25, -0.2) is 0 Å². The molecule has 3 rings (SSSR count). The number of para-hydroxylation sites is 1. The molecule has 0 saturated heterocycles. The van der Waals surface area contributed by atoms with Gasteiger partial charge in [-0.2, -0.15) is 5.26 Å². The Bertz CT molecular complexity index is 850. The van der Waals surface area contributed by atoms with Gasteiger partial charge in [-0.15, -0.1) is 0 Å². The van der Waals surface area contributed by atoms with Crippen molar-refractivity contribution in [1.29, 1.82) is 5.26 Å². The van der Waals surface area contributed by atoms with E-state index in [1.807, 2.05) is 18.2 Å². The van der Waals surface area contributed by atoms with Crippen LogP contribution in [-0.2, 0) is 0 Å². The summed E-state index contributed by atoms with van der Waals surface area (Å²) < 4.78 is 16.9. The fourth-order valence-corrected chi connectivity index (χ4v) is 3.42. The van der Waals surface area contributed by atoms with Crippen LogP contribution in [0.4, 0.5) is 0 Å². The molecule has 28 heavy (non-hydrogen) atoms. The minimum atomic E-state index is -0.108. The molecule has 0 unspecified atom stereocenters. The van der Waals surface area contributed by atoms with Gasteiger partial charge < -0.3 is 19.5 Å². The molecule has 1 N–H and O–H groups in total. The molecule has 2 aromatic carbocycles. The number of methoxy groups -OCH3 is 2. The van der Waals surface area contributed by atoms with Gasteiger partial charge in [0.2, 0.25) is 5.75 Å². The van der Waals surface area contributed by atoms with Crippen molar-refractivity contribution in [2.45, 2.75) is 37.8 Å². The maximum Gasteiger partial charge on any atom is 0.251 e. The molecule has 0 heterocycles. The van der Waals surface area contributed by atoms with Gasteiger partial charge in [0.05, 0.1) is 32.0 Å². The first-order chi connectivity index (χ1) is 13.6. The Morgan fingerprint density at radius 1 is 1.00 bits per heavy atom. The Hall–Kier alpha value is -3.20. The van der Waals surface area contributed by atoms with Crippen LogP contribution in [-0.4, -0.2) is 32.3 Å². The number of hydrogen-bond acceptors (Lipinski definition) is 5. The first kappa shape index (κ1) is 19.6. The number of nitrogens with one attached hydrogen (secondary N) is 1. The van der Waals surface area contributed by atoms with Gasteiger partial charge in [0, 0.05) is 11.6 Å². The number of ether oxygens (including phenoxy) is 3. The fraction of sp³-hybridized carbons (Fsp3) is 0.364. The van der Waals surface area contributed by atoms with Crippen molar-refractivity contribution >= 4 is 5.91 Å². The van der Waals surface area contributed by atoms with Crippen molar-refractivity contribution in [3.8, 4) is 23.3 Å². The minimum absolute atomic E-state index is 0.0732. The molecule has 0 aromatic heterocycles. The second-order valence-electron chi connectivity index (χ2n) is 6.75. The molecule has 0 spiro atoms. The van der Waals surface area contributed by atoms with Gasteiger partial charge in [0.25, 0.3) is 5.91 Å². The third-order valence-electron chi connectivity index (χ3n) is 4.95. The number of carbonyl (C=O) groups excluding carboxylic acids is 1. The number of nitriles is 1. The normalized spacial score (nSPS) is 18.6. The van der Waals surface area contributed by atoms with E-state index < -0.39 is 0 Å². The number of benzene rings is 2. The molecule has 0 bridgehead atoms. The van der Waals surface area contributed by atoms with E-state index in [2.05, 4.69) is 11.4 Å². The highest BCUT2D eigenvalue weighted by Gasteiger charge is 2.25. The van der Waals surface area contributed by atoms with Crippen LogP contribution >= 0.6 is 0 Å². The standard InChI is InChI=1S/C22H24N2O4/c1-26-19-4-3-5-20(21(19)27-2)28-18-12-10-17(11-13-18)24-22(25)16-8-6-15(14-23)7-9-16/h3-9,17-18H,10-13H2,1-2H3,(H,24,25). The molecule has 2 aromatic rings. The second kappa shape index (κ2) is 9.14. The Labute approximate surface area is 165 Å². The van der Waals surface area contributed by atoms with Gasteiger partial charge in [-0.3, -0.25) is 4.79 Å². The van der Waals surface area contributed by atoms with Crippen molar-refractivity contribution in [3.05, 3.63) is 53.6 Å². The molecule has 6 nitrogen and oxygen atoms in total. The summed E-state index contributed by atoms with van der Waals surface area (Å²) in [5.41, 5.74) is 1.11. The average Bonchev–Trinajstić information content (AvgIpc) is 2.74. The molecule has 146 valence electrons. The smallest absolute Gasteiger partial charge is 0.251 e. The summed E-state index contributed by atoms with van der Waals surface area (Å²) in [5, 5.41) is 11.9. The van der Waals surface area contributed by atoms with Crippen LogP contribution in [0.5, 0.6) is 17.2 Å². The first-order valence-corrected chi connectivity index (χ1v) is 9.33. The highest BCUT2D eigenvalue weighted by atomic mass is 16.5. The summed E-state index contributed by atoms with van der Waals surface area (Å²) in [7, 11) is 3.20. The Morgan fingerprint density at radius 3 is 2.29 bits per heavy atom. The Balaban J connectivity index is 1.53.